The molecule has 8 heteroatoms. The number of hydrogen-bond donors (Lipinski definition) is 3. The van der Waals surface area contributed by atoms with Crippen LogP contribution in [0, 0.1) is 6.92 Å². The van der Waals surface area contributed by atoms with Crippen molar-refractivity contribution in [1.82, 2.24) is 15.0 Å². The van der Waals surface area contributed by atoms with Crippen molar-refractivity contribution in [2.45, 2.75) is 6.92 Å². The van der Waals surface area contributed by atoms with Gasteiger partial charge in [-0.05, 0) is 48.9 Å². The standard InChI is InChI=1S/C23H24N6O2/c1-15-13-25-22-20(15)21(26-14-27-22)16-3-7-18(8-4-16)29(12-11-24)23(30)28-17-5-9-19(31-2)10-6-17/h3-10,13-14H,11-12,24H2,1-2H3,(H,28,30)(H,25,26,27). The summed E-state index contributed by atoms with van der Waals surface area (Å²) in [6.45, 7) is 2.75. The van der Waals surface area contributed by atoms with Crippen molar-refractivity contribution in [1.29, 1.82) is 0 Å². The normalized spacial score (nSPS) is 10.8. The Balaban J connectivity index is 1.58. The summed E-state index contributed by atoms with van der Waals surface area (Å²) in [6.07, 6.45) is 3.47. The molecule has 8 nitrogen and oxygen atoms in total. The molecule has 4 aromatic rings. The van der Waals surface area contributed by atoms with E-state index in [2.05, 4.69) is 20.3 Å². The zero-order valence-corrected chi connectivity index (χ0v) is 17.4. The van der Waals surface area contributed by atoms with Crippen LogP contribution < -0.4 is 20.7 Å². The molecule has 0 bridgehead atoms. The topological polar surface area (TPSA) is 109 Å². The smallest absolute Gasteiger partial charge is 0.326 e. The van der Waals surface area contributed by atoms with Gasteiger partial charge in [-0.3, -0.25) is 4.90 Å². The van der Waals surface area contributed by atoms with Gasteiger partial charge in [0.1, 0.15) is 17.7 Å². The van der Waals surface area contributed by atoms with Crippen LogP contribution in [0.15, 0.2) is 61.1 Å². The number of ether oxygens (including phenoxy) is 1. The van der Waals surface area contributed by atoms with E-state index in [1.54, 1.807) is 42.6 Å². The Hall–Kier alpha value is -3.91. The van der Waals surface area contributed by atoms with Crippen LogP contribution in [0.4, 0.5) is 16.2 Å². The van der Waals surface area contributed by atoms with Crippen LogP contribution >= 0.6 is 0 Å². The highest BCUT2D eigenvalue weighted by molar-refractivity contribution is 6.02. The lowest BCUT2D eigenvalue weighted by Gasteiger charge is -2.23. The average molecular weight is 416 g/mol. The molecule has 0 saturated carbocycles. The minimum Gasteiger partial charge on any atom is -0.497 e. The van der Waals surface area contributed by atoms with E-state index in [9.17, 15) is 4.79 Å². The number of nitrogens with zero attached hydrogens (tertiary/aromatic N) is 3. The van der Waals surface area contributed by atoms with Crippen molar-refractivity contribution in [3.8, 4) is 17.0 Å². The second-order valence-corrected chi connectivity index (χ2v) is 7.06. The number of aryl methyl sites for hydroxylation is 1. The number of hydrogen-bond acceptors (Lipinski definition) is 5. The highest BCUT2D eigenvalue weighted by Gasteiger charge is 2.16. The van der Waals surface area contributed by atoms with Gasteiger partial charge in [0.15, 0.2) is 0 Å². The second-order valence-electron chi connectivity index (χ2n) is 7.06. The molecule has 0 aliphatic rings. The fourth-order valence-electron chi connectivity index (χ4n) is 3.48. The molecule has 2 aromatic carbocycles. The summed E-state index contributed by atoms with van der Waals surface area (Å²) in [5.41, 5.74) is 10.9. The molecule has 0 fully saturated rings. The molecule has 0 aliphatic heterocycles. The number of nitrogens with one attached hydrogen (secondary N) is 2. The SMILES string of the molecule is COc1ccc(NC(=O)N(CCN)c2ccc(-c3ncnc4[nH]cc(C)c34)cc2)cc1. The number of benzene rings is 2. The van der Waals surface area contributed by atoms with Crippen molar-refractivity contribution in [3.63, 3.8) is 0 Å². The fraction of sp³-hybridized carbons (Fsp3) is 0.174. The van der Waals surface area contributed by atoms with Crippen LogP contribution in [0.25, 0.3) is 22.3 Å². The Kier molecular flexibility index (Phi) is 5.81. The number of fused-ring (bicyclic) bond motifs is 1. The first kappa shape index (κ1) is 20.4. The van der Waals surface area contributed by atoms with Crippen molar-refractivity contribution in [2.75, 3.05) is 30.4 Å². The molecule has 0 aliphatic carbocycles. The first-order valence-corrected chi connectivity index (χ1v) is 9.92. The van der Waals surface area contributed by atoms with Gasteiger partial charge in [-0.25, -0.2) is 14.8 Å². The second kappa shape index (κ2) is 8.85. The number of H-pyrrole nitrogens is 1. The highest BCUT2D eigenvalue weighted by Crippen LogP contribution is 2.29. The van der Waals surface area contributed by atoms with Crippen LogP contribution in [-0.2, 0) is 0 Å². The zero-order valence-electron chi connectivity index (χ0n) is 17.4. The summed E-state index contributed by atoms with van der Waals surface area (Å²) in [5.74, 6) is 0.726. The molecular formula is C23H24N6O2. The van der Waals surface area contributed by atoms with Crippen LogP contribution in [0.1, 0.15) is 5.56 Å². The van der Waals surface area contributed by atoms with E-state index in [0.29, 0.717) is 18.8 Å². The van der Waals surface area contributed by atoms with Crippen molar-refractivity contribution < 1.29 is 9.53 Å². The van der Waals surface area contributed by atoms with Crippen LogP contribution in [0.3, 0.4) is 0 Å². The predicted molar refractivity (Wildman–Crippen MR) is 122 cm³/mol. The molecule has 2 heterocycles. The number of carbonyl (C=O) groups is 1. The van der Waals surface area contributed by atoms with Gasteiger partial charge in [0.25, 0.3) is 0 Å². The number of anilines is 2. The predicted octanol–water partition coefficient (Wildman–Crippen LogP) is 3.94. The Morgan fingerprint density at radius 3 is 2.55 bits per heavy atom. The Labute approximate surface area is 180 Å². The van der Waals surface area contributed by atoms with E-state index >= 15 is 0 Å². The summed E-state index contributed by atoms with van der Waals surface area (Å²) < 4.78 is 5.16. The van der Waals surface area contributed by atoms with E-state index in [1.165, 1.54) is 0 Å². The minimum atomic E-state index is -0.255. The van der Waals surface area contributed by atoms with Gasteiger partial charge in [-0.1, -0.05) is 12.1 Å². The molecule has 31 heavy (non-hydrogen) atoms. The molecule has 0 spiro atoms. The number of urea groups is 1. The molecule has 158 valence electrons. The van der Waals surface area contributed by atoms with Crippen LogP contribution in [0.5, 0.6) is 5.75 Å². The maximum absolute atomic E-state index is 12.9. The lowest BCUT2D eigenvalue weighted by molar-refractivity contribution is 0.257. The fourth-order valence-corrected chi connectivity index (χ4v) is 3.48. The van der Waals surface area contributed by atoms with Crippen LogP contribution in [0.2, 0.25) is 0 Å². The Morgan fingerprint density at radius 2 is 1.87 bits per heavy atom. The number of aromatic nitrogens is 3. The number of aromatic amines is 1. The molecule has 0 unspecified atom stereocenters. The van der Waals surface area contributed by atoms with Crippen molar-refractivity contribution in [3.05, 3.63) is 66.6 Å². The molecule has 0 atom stereocenters. The third-order valence-electron chi connectivity index (χ3n) is 5.06. The monoisotopic (exact) mass is 416 g/mol. The van der Waals surface area contributed by atoms with Gasteiger partial charge >= 0.3 is 6.03 Å². The molecule has 2 amide bonds. The molecule has 4 N–H and O–H groups in total. The summed E-state index contributed by atoms with van der Waals surface area (Å²) in [4.78, 5) is 26.4. The molecule has 4 rings (SSSR count). The largest absolute Gasteiger partial charge is 0.497 e. The average Bonchev–Trinajstić information content (AvgIpc) is 3.19. The summed E-state index contributed by atoms with van der Waals surface area (Å²) in [5, 5.41) is 3.89. The maximum atomic E-state index is 12.9. The molecule has 0 radical (unpaired) electrons. The van der Waals surface area contributed by atoms with E-state index in [0.717, 1.165) is 39.3 Å². The van der Waals surface area contributed by atoms with Gasteiger partial charge in [0.05, 0.1) is 12.8 Å². The maximum Gasteiger partial charge on any atom is 0.326 e. The third-order valence-corrected chi connectivity index (χ3v) is 5.06. The highest BCUT2D eigenvalue weighted by atomic mass is 16.5. The quantitative estimate of drug-likeness (QED) is 0.441. The lowest BCUT2D eigenvalue weighted by atomic mass is 10.1. The van der Waals surface area contributed by atoms with E-state index in [4.69, 9.17) is 10.5 Å². The Morgan fingerprint density at radius 1 is 1.13 bits per heavy atom. The first-order valence-electron chi connectivity index (χ1n) is 9.92. The summed E-state index contributed by atoms with van der Waals surface area (Å²) in [6, 6.07) is 14.6. The zero-order chi connectivity index (χ0) is 21.8. The number of carbonyl (C=O) groups excluding carboxylic acids is 1. The van der Waals surface area contributed by atoms with Gasteiger partial charge in [-0.15, -0.1) is 0 Å². The summed E-state index contributed by atoms with van der Waals surface area (Å²) >= 11 is 0. The Bertz CT molecular complexity index is 1190. The molecular weight excluding hydrogens is 392 g/mol. The van der Waals surface area contributed by atoms with E-state index in [1.807, 2.05) is 37.4 Å². The minimum absolute atomic E-state index is 0.255. The van der Waals surface area contributed by atoms with Crippen molar-refractivity contribution >= 4 is 28.4 Å². The van der Waals surface area contributed by atoms with E-state index < -0.39 is 0 Å². The van der Waals surface area contributed by atoms with E-state index in [-0.39, 0.29) is 6.03 Å². The lowest BCUT2D eigenvalue weighted by Crippen LogP contribution is -2.38. The number of rotatable bonds is 6. The number of nitrogens with two attached hydrogens (primary N) is 1. The number of amides is 2. The van der Waals surface area contributed by atoms with Gasteiger partial charge in [0, 0.05) is 41.6 Å². The van der Waals surface area contributed by atoms with Gasteiger partial charge in [0.2, 0.25) is 0 Å². The molecule has 2 aromatic heterocycles. The third kappa shape index (κ3) is 4.19. The van der Waals surface area contributed by atoms with Crippen molar-refractivity contribution in [2.24, 2.45) is 5.73 Å². The van der Waals surface area contributed by atoms with Gasteiger partial charge < -0.3 is 20.8 Å². The number of methoxy groups -OCH3 is 1. The van der Waals surface area contributed by atoms with Crippen LogP contribution in [-0.4, -0.2) is 41.2 Å². The summed E-state index contributed by atoms with van der Waals surface area (Å²) in [7, 11) is 1.60. The van der Waals surface area contributed by atoms with Gasteiger partial charge in [-0.2, -0.15) is 0 Å². The molecule has 0 saturated heterocycles. The first-order chi connectivity index (χ1) is 15.1.